The van der Waals surface area contributed by atoms with Gasteiger partial charge in [-0.05, 0) is 53.4 Å². The summed E-state index contributed by atoms with van der Waals surface area (Å²) < 4.78 is 33.0. The number of aromatic nitrogens is 1. The number of ether oxygens (including phenoxy) is 1. The molecule has 174 valence electrons. The highest BCUT2D eigenvalue weighted by molar-refractivity contribution is 5.73. The van der Waals surface area contributed by atoms with Gasteiger partial charge in [0.1, 0.15) is 17.4 Å². The molecule has 2 heterocycles. The lowest BCUT2D eigenvalue weighted by molar-refractivity contribution is -0.120. The van der Waals surface area contributed by atoms with Gasteiger partial charge in [0, 0.05) is 50.0 Å². The maximum Gasteiger partial charge on any atom is 0.217 e. The maximum absolute atomic E-state index is 13.6. The molecule has 2 aromatic carbocycles. The highest BCUT2D eigenvalue weighted by atomic mass is 19.1. The van der Waals surface area contributed by atoms with E-state index in [2.05, 4.69) is 21.7 Å². The number of carbonyl (C=O) groups excluding carboxylic acids is 1. The van der Waals surface area contributed by atoms with Crippen LogP contribution in [0.3, 0.4) is 0 Å². The molecule has 8 heteroatoms. The van der Waals surface area contributed by atoms with E-state index in [-0.39, 0.29) is 24.9 Å². The molecular formula is C25H27F2N3O3. The Labute approximate surface area is 191 Å². The molecule has 6 nitrogen and oxygen atoms in total. The van der Waals surface area contributed by atoms with Crippen molar-refractivity contribution < 1.29 is 23.4 Å². The number of carbonyl (C=O) groups is 1. The Hall–Kier alpha value is -3.23. The van der Waals surface area contributed by atoms with Crippen LogP contribution < -0.4 is 15.4 Å². The minimum absolute atomic E-state index is 0.0492. The number of aliphatic hydroxyl groups excluding tert-OH is 1. The monoisotopic (exact) mass is 455 g/mol. The first-order valence-corrected chi connectivity index (χ1v) is 10.9. The van der Waals surface area contributed by atoms with Gasteiger partial charge in [-0.1, -0.05) is 6.07 Å². The number of benzene rings is 2. The normalized spacial score (nSPS) is 17.0. The molecule has 0 fully saturated rings. The Morgan fingerprint density at radius 1 is 1.18 bits per heavy atom. The molecule has 4 rings (SSSR count). The van der Waals surface area contributed by atoms with Crippen LogP contribution in [0.25, 0.3) is 11.1 Å². The van der Waals surface area contributed by atoms with Crippen molar-refractivity contribution in [2.75, 3.05) is 13.2 Å². The third-order valence-electron chi connectivity index (χ3n) is 5.79. The Kier molecular flexibility index (Phi) is 7.05. The number of aromatic amines is 1. The van der Waals surface area contributed by atoms with Gasteiger partial charge in [0.2, 0.25) is 5.91 Å². The van der Waals surface area contributed by atoms with E-state index >= 15 is 0 Å². The molecule has 1 aliphatic rings. The van der Waals surface area contributed by atoms with Crippen molar-refractivity contribution in [1.29, 1.82) is 0 Å². The van der Waals surface area contributed by atoms with Gasteiger partial charge < -0.3 is 25.5 Å². The number of halogens is 2. The van der Waals surface area contributed by atoms with Crippen LogP contribution in [-0.2, 0) is 11.2 Å². The van der Waals surface area contributed by atoms with Crippen LogP contribution >= 0.6 is 0 Å². The Balaban J connectivity index is 1.47. The van der Waals surface area contributed by atoms with Crippen molar-refractivity contribution in [3.8, 4) is 16.9 Å². The van der Waals surface area contributed by atoms with Crippen LogP contribution in [0.2, 0.25) is 0 Å². The first kappa shape index (κ1) is 22.9. The summed E-state index contributed by atoms with van der Waals surface area (Å²) in [5, 5.41) is 16.9. The molecule has 1 aliphatic heterocycles. The number of rotatable bonds is 8. The Bertz CT molecular complexity index is 1080. The number of aliphatic hydroxyl groups is 1. The zero-order valence-electron chi connectivity index (χ0n) is 18.3. The van der Waals surface area contributed by atoms with E-state index in [0.717, 1.165) is 34.9 Å². The summed E-state index contributed by atoms with van der Waals surface area (Å²) >= 11 is 0. The van der Waals surface area contributed by atoms with E-state index in [0.29, 0.717) is 12.2 Å². The molecule has 0 radical (unpaired) electrons. The lowest BCUT2D eigenvalue weighted by Crippen LogP contribution is -2.48. The van der Waals surface area contributed by atoms with E-state index in [9.17, 15) is 18.7 Å². The van der Waals surface area contributed by atoms with Crippen molar-refractivity contribution in [3.63, 3.8) is 0 Å². The third-order valence-corrected chi connectivity index (χ3v) is 5.79. The second kappa shape index (κ2) is 10.1. The summed E-state index contributed by atoms with van der Waals surface area (Å²) in [5.41, 5.74) is 3.47. The summed E-state index contributed by atoms with van der Waals surface area (Å²) in [6.45, 7) is 2.07. The van der Waals surface area contributed by atoms with E-state index in [4.69, 9.17) is 4.74 Å². The van der Waals surface area contributed by atoms with E-state index in [1.165, 1.54) is 19.1 Å². The van der Waals surface area contributed by atoms with Crippen LogP contribution in [0.4, 0.5) is 8.78 Å². The van der Waals surface area contributed by atoms with Gasteiger partial charge >= 0.3 is 0 Å². The maximum atomic E-state index is 13.6. The minimum atomic E-state index is -0.973. The molecule has 0 saturated carbocycles. The second-order valence-corrected chi connectivity index (χ2v) is 8.31. The first-order chi connectivity index (χ1) is 15.9. The first-order valence-electron chi connectivity index (χ1n) is 10.9. The van der Waals surface area contributed by atoms with Crippen molar-refractivity contribution in [2.45, 2.75) is 38.0 Å². The number of H-pyrrole nitrogens is 1. The summed E-state index contributed by atoms with van der Waals surface area (Å²) in [4.78, 5) is 14.7. The van der Waals surface area contributed by atoms with E-state index in [1.54, 1.807) is 0 Å². The Morgan fingerprint density at radius 2 is 1.97 bits per heavy atom. The van der Waals surface area contributed by atoms with E-state index in [1.807, 2.05) is 30.6 Å². The van der Waals surface area contributed by atoms with Crippen molar-refractivity contribution in [3.05, 3.63) is 77.6 Å². The van der Waals surface area contributed by atoms with E-state index < -0.39 is 23.8 Å². The molecule has 3 atom stereocenters. The molecule has 0 saturated heterocycles. The highest BCUT2D eigenvalue weighted by Gasteiger charge is 2.26. The highest BCUT2D eigenvalue weighted by Crippen LogP contribution is 2.35. The van der Waals surface area contributed by atoms with Gasteiger partial charge in [0.15, 0.2) is 0 Å². The van der Waals surface area contributed by atoms with Gasteiger partial charge in [0.25, 0.3) is 0 Å². The van der Waals surface area contributed by atoms with Crippen LogP contribution in [0.15, 0.2) is 54.9 Å². The van der Waals surface area contributed by atoms with Gasteiger partial charge in [-0.15, -0.1) is 0 Å². The largest absolute Gasteiger partial charge is 0.493 e. The average Bonchev–Trinajstić information content (AvgIpc) is 3.30. The van der Waals surface area contributed by atoms with Crippen LogP contribution in [-0.4, -0.2) is 41.3 Å². The molecule has 0 bridgehead atoms. The summed E-state index contributed by atoms with van der Waals surface area (Å²) in [6.07, 6.45) is 3.63. The van der Waals surface area contributed by atoms with Crippen LogP contribution in [0.5, 0.6) is 5.75 Å². The minimum Gasteiger partial charge on any atom is -0.493 e. The third kappa shape index (κ3) is 5.77. The van der Waals surface area contributed by atoms with Crippen LogP contribution in [0, 0.1) is 11.6 Å². The number of fused-ring (bicyclic) bond motifs is 1. The number of hydrogen-bond donors (Lipinski definition) is 4. The smallest absolute Gasteiger partial charge is 0.217 e. The topological polar surface area (TPSA) is 86.4 Å². The fraction of sp³-hybridized carbons (Fsp3) is 0.320. The molecule has 33 heavy (non-hydrogen) atoms. The van der Waals surface area contributed by atoms with Gasteiger partial charge in [0.05, 0.1) is 18.8 Å². The molecule has 0 aliphatic carbocycles. The molecule has 1 aromatic heterocycles. The van der Waals surface area contributed by atoms with Gasteiger partial charge in [-0.3, -0.25) is 4.79 Å². The number of amides is 1. The lowest BCUT2D eigenvalue weighted by atomic mass is 9.95. The molecule has 3 unspecified atom stereocenters. The fourth-order valence-electron chi connectivity index (χ4n) is 4.22. The zero-order chi connectivity index (χ0) is 23.4. The molecule has 3 aromatic rings. The predicted octanol–water partition coefficient (Wildman–Crippen LogP) is 3.48. The molecule has 0 spiro atoms. The van der Waals surface area contributed by atoms with Crippen LogP contribution in [0.1, 0.15) is 30.5 Å². The summed E-state index contributed by atoms with van der Waals surface area (Å²) in [5.74, 6) is -0.933. The molecule has 4 N–H and O–H groups in total. The number of nitrogens with one attached hydrogen (secondary N) is 3. The Morgan fingerprint density at radius 3 is 2.67 bits per heavy atom. The van der Waals surface area contributed by atoms with Crippen molar-refractivity contribution in [1.82, 2.24) is 15.6 Å². The second-order valence-electron chi connectivity index (χ2n) is 8.31. The van der Waals surface area contributed by atoms with Crippen molar-refractivity contribution >= 4 is 5.91 Å². The SMILES string of the molecule is CC(=O)NC(Cc1cc(F)cc(F)c1)C(O)CNC1CCOc2ccc(-c3cc[nH]c3)cc21. The zero-order valence-corrected chi connectivity index (χ0v) is 18.3. The summed E-state index contributed by atoms with van der Waals surface area (Å²) in [6, 6.07) is 10.5. The fourth-order valence-corrected chi connectivity index (χ4v) is 4.22. The molecular weight excluding hydrogens is 428 g/mol. The predicted molar refractivity (Wildman–Crippen MR) is 121 cm³/mol. The van der Waals surface area contributed by atoms with Crippen molar-refractivity contribution in [2.24, 2.45) is 0 Å². The molecule has 1 amide bonds. The quantitative estimate of drug-likeness (QED) is 0.419. The standard InChI is InChI=1S/C25H27F2N3O3/c1-15(31)30-23(10-16-8-19(26)12-20(27)9-16)24(32)14-29-22-5-7-33-25-3-2-17(11-21(22)25)18-4-6-28-13-18/h2-4,6,8-9,11-13,22-24,28-29,32H,5,7,10,14H2,1H3,(H,30,31). The number of hydrogen-bond acceptors (Lipinski definition) is 4. The lowest BCUT2D eigenvalue weighted by Gasteiger charge is -2.30. The van der Waals surface area contributed by atoms with Gasteiger partial charge in [-0.25, -0.2) is 8.78 Å². The summed E-state index contributed by atoms with van der Waals surface area (Å²) in [7, 11) is 0. The van der Waals surface area contributed by atoms with Gasteiger partial charge in [-0.2, -0.15) is 0 Å². The average molecular weight is 456 g/mol.